The SMILES string of the molecule is C[C@H](N)C(=O)NCc1cccc(-n2nc(C(F)(F)F)cc2C(=O)Nc2ccn(C)n2)c1. The van der Waals surface area contributed by atoms with Gasteiger partial charge in [0.25, 0.3) is 5.91 Å². The van der Waals surface area contributed by atoms with Gasteiger partial charge in [0.15, 0.2) is 11.5 Å². The van der Waals surface area contributed by atoms with Gasteiger partial charge in [-0.3, -0.25) is 14.3 Å². The van der Waals surface area contributed by atoms with E-state index in [2.05, 4.69) is 20.8 Å². The summed E-state index contributed by atoms with van der Waals surface area (Å²) in [6, 6.07) is 7.75. The monoisotopic (exact) mass is 435 g/mol. The fourth-order valence-corrected chi connectivity index (χ4v) is 2.69. The van der Waals surface area contributed by atoms with Gasteiger partial charge in [-0.15, -0.1) is 0 Å². The molecule has 0 spiro atoms. The average Bonchev–Trinajstić information content (AvgIpc) is 3.32. The number of nitrogens with zero attached hydrogens (tertiary/aromatic N) is 4. The Morgan fingerprint density at radius 1 is 1.19 bits per heavy atom. The molecular formula is C19H20F3N7O2. The lowest BCUT2D eigenvalue weighted by atomic mass is 10.2. The predicted molar refractivity (Wildman–Crippen MR) is 105 cm³/mol. The normalized spacial score (nSPS) is 12.5. The van der Waals surface area contributed by atoms with Crippen LogP contribution in [0.2, 0.25) is 0 Å². The number of nitrogens with one attached hydrogen (secondary N) is 2. The number of nitrogens with two attached hydrogens (primary N) is 1. The van der Waals surface area contributed by atoms with E-state index in [0.717, 1.165) is 4.68 Å². The zero-order chi connectivity index (χ0) is 22.8. The quantitative estimate of drug-likeness (QED) is 0.546. The summed E-state index contributed by atoms with van der Waals surface area (Å²) >= 11 is 0. The number of carbonyl (C=O) groups is 2. The van der Waals surface area contributed by atoms with Crippen LogP contribution in [0.5, 0.6) is 0 Å². The highest BCUT2D eigenvalue weighted by atomic mass is 19.4. The Hall–Kier alpha value is -3.67. The molecule has 0 aliphatic rings. The van der Waals surface area contributed by atoms with E-state index < -0.39 is 23.8 Å². The molecule has 0 bridgehead atoms. The second-order valence-electron chi connectivity index (χ2n) is 6.83. The van der Waals surface area contributed by atoms with Crippen molar-refractivity contribution in [2.45, 2.75) is 25.7 Å². The van der Waals surface area contributed by atoms with E-state index in [1.54, 1.807) is 25.4 Å². The van der Waals surface area contributed by atoms with Crippen LogP contribution >= 0.6 is 0 Å². The second-order valence-corrected chi connectivity index (χ2v) is 6.83. The molecule has 0 fully saturated rings. The predicted octanol–water partition coefficient (Wildman–Crippen LogP) is 1.84. The Bertz CT molecular complexity index is 1100. The molecule has 4 N–H and O–H groups in total. The molecule has 0 radical (unpaired) electrons. The van der Waals surface area contributed by atoms with Crippen molar-refractivity contribution < 1.29 is 22.8 Å². The Morgan fingerprint density at radius 2 is 1.94 bits per heavy atom. The largest absolute Gasteiger partial charge is 0.435 e. The van der Waals surface area contributed by atoms with Gasteiger partial charge in [-0.1, -0.05) is 12.1 Å². The zero-order valence-corrected chi connectivity index (χ0v) is 16.6. The third-order valence-electron chi connectivity index (χ3n) is 4.22. The number of alkyl halides is 3. The van der Waals surface area contributed by atoms with Crippen LogP contribution in [0.25, 0.3) is 5.69 Å². The van der Waals surface area contributed by atoms with Gasteiger partial charge < -0.3 is 16.4 Å². The van der Waals surface area contributed by atoms with Gasteiger partial charge in [-0.2, -0.15) is 23.4 Å². The van der Waals surface area contributed by atoms with Crippen molar-refractivity contribution in [1.82, 2.24) is 24.9 Å². The Balaban J connectivity index is 1.94. The van der Waals surface area contributed by atoms with Crippen LogP contribution in [0.15, 0.2) is 42.6 Å². The molecule has 0 saturated carbocycles. The molecule has 0 unspecified atom stereocenters. The maximum Gasteiger partial charge on any atom is 0.435 e. The first-order chi connectivity index (χ1) is 14.5. The fraction of sp³-hybridized carbons (Fsp3) is 0.263. The van der Waals surface area contributed by atoms with Crippen molar-refractivity contribution in [1.29, 1.82) is 0 Å². The van der Waals surface area contributed by atoms with Gasteiger partial charge in [0, 0.05) is 31.9 Å². The van der Waals surface area contributed by atoms with E-state index in [9.17, 15) is 22.8 Å². The van der Waals surface area contributed by atoms with Crippen LogP contribution in [0.4, 0.5) is 19.0 Å². The first-order valence-electron chi connectivity index (χ1n) is 9.15. The van der Waals surface area contributed by atoms with Gasteiger partial charge in [0.1, 0.15) is 5.69 Å². The summed E-state index contributed by atoms with van der Waals surface area (Å²) in [5.41, 5.74) is 4.77. The summed E-state index contributed by atoms with van der Waals surface area (Å²) in [5.74, 6) is -1.00. The van der Waals surface area contributed by atoms with E-state index >= 15 is 0 Å². The molecule has 0 aliphatic carbocycles. The Morgan fingerprint density at radius 3 is 2.55 bits per heavy atom. The van der Waals surface area contributed by atoms with Crippen molar-refractivity contribution in [2.75, 3.05) is 5.32 Å². The number of anilines is 1. The van der Waals surface area contributed by atoms with Gasteiger partial charge in [-0.25, -0.2) is 4.68 Å². The maximum atomic E-state index is 13.3. The smallest absolute Gasteiger partial charge is 0.351 e. The number of aryl methyl sites for hydroxylation is 1. The van der Waals surface area contributed by atoms with E-state index in [-0.39, 0.29) is 29.7 Å². The van der Waals surface area contributed by atoms with Crippen molar-refractivity contribution in [3.05, 3.63) is 59.5 Å². The number of aromatic nitrogens is 4. The molecule has 0 saturated heterocycles. The standard InChI is InChI=1S/C19H20F3N7O2/c1-11(23)17(30)24-10-12-4-3-5-13(8-12)29-14(9-15(26-29)19(20,21)22)18(31)25-16-6-7-28(2)27-16/h3-9,11H,10,23H2,1-2H3,(H,24,30)(H,25,27,31)/t11-/m0/s1. The molecule has 1 aromatic carbocycles. The highest BCUT2D eigenvalue weighted by molar-refractivity contribution is 6.03. The van der Waals surface area contributed by atoms with E-state index in [1.165, 1.54) is 29.8 Å². The van der Waals surface area contributed by atoms with Crippen LogP contribution in [0.1, 0.15) is 28.7 Å². The van der Waals surface area contributed by atoms with E-state index in [1.807, 2.05) is 0 Å². The lowest BCUT2D eigenvalue weighted by Gasteiger charge is -2.11. The minimum atomic E-state index is -4.74. The topological polar surface area (TPSA) is 120 Å². The van der Waals surface area contributed by atoms with Crippen molar-refractivity contribution in [3.63, 3.8) is 0 Å². The lowest BCUT2D eigenvalue weighted by Crippen LogP contribution is -2.37. The summed E-state index contributed by atoms with van der Waals surface area (Å²) in [4.78, 5) is 24.3. The first kappa shape index (κ1) is 22.0. The summed E-state index contributed by atoms with van der Waals surface area (Å²) < 4.78 is 42.2. The van der Waals surface area contributed by atoms with Gasteiger partial charge in [0.05, 0.1) is 11.7 Å². The molecule has 3 rings (SSSR count). The van der Waals surface area contributed by atoms with Gasteiger partial charge in [0.2, 0.25) is 5.91 Å². The van der Waals surface area contributed by atoms with Crippen LogP contribution in [0.3, 0.4) is 0 Å². The van der Waals surface area contributed by atoms with Crippen molar-refractivity contribution in [3.8, 4) is 5.69 Å². The molecule has 9 nitrogen and oxygen atoms in total. The Labute approximate surface area is 175 Å². The van der Waals surface area contributed by atoms with Crippen LogP contribution in [-0.4, -0.2) is 37.4 Å². The molecule has 3 aromatic rings. The minimum Gasteiger partial charge on any atom is -0.351 e. The summed E-state index contributed by atoms with van der Waals surface area (Å²) in [5, 5.41) is 12.6. The zero-order valence-electron chi connectivity index (χ0n) is 16.6. The summed E-state index contributed by atoms with van der Waals surface area (Å²) in [6.07, 6.45) is -3.16. The molecule has 12 heteroatoms. The molecule has 2 aromatic heterocycles. The molecule has 164 valence electrons. The number of halogens is 3. The van der Waals surface area contributed by atoms with Crippen LogP contribution < -0.4 is 16.4 Å². The average molecular weight is 435 g/mol. The van der Waals surface area contributed by atoms with Gasteiger partial charge >= 0.3 is 6.18 Å². The number of carbonyl (C=O) groups excluding carboxylic acids is 2. The van der Waals surface area contributed by atoms with Crippen LogP contribution in [0, 0.1) is 0 Å². The molecule has 0 aliphatic heterocycles. The second kappa shape index (κ2) is 8.60. The number of amides is 2. The van der Waals surface area contributed by atoms with Crippen molar-refractivity contribution >= 4 is 17.6 Å². The Kier molecular flexibility index (Phi) is 6.11. The molecule has 2 amide bonds. The van der Waals surface area contributed by atoms with Crippen LogP contribution in [-0.2, 0) is 24.6 Å². The summed E-state index contributed by atoms with van der Waals surface area (Å²) in [6.45, 7) is 1.64. The highest BCUT2D eigenvalue weighted by Gasteiger charge is 2.36. The lowest BCUT2D eigenvalue weighted by molar-refractivity contribution is -0.141. The van der Waals surface area contributed by atoms with Gasteiger partial charge in [-0.05, 0) is 24.6 Å². The highest BCUT2D eigenvalue weighted by Crippen LogP contribution is 2.30. The van der Waals surface area contributed by atoms with E-state index in [0.29, 0.717) is 11.6 Å². The molecule has 31 heavy (non-hydrogen) atoms. The minimum absolute atomic E-state index is 0.108. The summed E-state index contributed by atoms with van der Waals surface area (Å²) in [7, 11) is 1.64. The molecule has 2 heterocycles. The maximum absolute atomic E-state index is 13.3. The van der Waals surface area contributed by atoms with E-state index in [4.69, 9.17) is 5.73 Å². The molecule has 1 atom stereocenters. The number of benzene rings is 1. The molecular weight excluding hydrogens is 415 g/mol. The third kappa shape index (κ3) is 5.28. The first-order valence-corrected chi connectivity index (χ1v) is 9.15. The number of rotatable bonds is 6. The third-order valence-corrected chi connectivity index (χ3v) is 4.22. The number of hydrogen-bond acceptors (Lipinski definition) is 5. The van der Waals surface area contributed by atoms with Crippen molar-refractivity contribution in [2.24, 2.45) is 12.8 Å². The number of hydrogen-bond donors (Lipinski definition) is 3. The fourth-order valence-electron chi connectivity index (χ4n) is 2.69.